The average Bonchev–Trinajstić information content (AvgIpc) is 2.53. The van der Waals surface area contributed by atoms with Gasteiger partial charge in [-0.15, -0.1) is 11.8 Å². The normalized spacial score (nSPS) is 16.3. The first-order valence-corrected chi connectivity index (χ1v) is 7.35. The van der Waals surface area contributed by atoms with Crippen molar-refractivity contribution in [2.45, 2.75) is 16.7 Å². The van der Waals surface area contributed by atoms with Crippen LogP contribution < -0.4 is 10.0 Å². The van der Waals surface area contributed by atoms with Crippen LogP contribution in [0.25, 0.3) is 0 Å². The van der Waals surface area contributed by atoms with Gasteiger partial charge in [-0.3, -0.25) is 9.79 Å². The lowest BCUT2D eigenvalue weighted by Crippen LogP contribution is -2.34. The molecular weight excluding hydrogens is 286 g/mol. The maximum atomic E-state index is 12.2. The van der Waals surface area contributed by atoms with Crippen molar-refractivity contribution in [3.05, 3.63) is 59.6 Å². The van der Waals surface area contributed by atoms with Crippen LogP contribution in [0.1, 0.15) is 5.56 Å². The highest BCUT2D eigenvalue weighted by Gasteiger charge is 2.22. The molecule has 106 valence electrons. The van der Waals surface area contributed by atoms with Crippen molar-refractivity contribution in [2.24, 2.45) is 4.99 Å². The van der Waals surface area contributed by atoms with Gasteiger partial charge < -0.3 is 10.5 Å². The third-order valence-electron chi connectivity index (χ3n) is 3.06. The Labute approximate surface area is 126 Å². The van der Waals surface area contributed by atoms with Crippen LogP contribution in [0.2, 0.25) is 0 Å². The third-order valence-corrected chi connectivity index (χ3v) is 4.25. The van der Waals surface area contributed by atoms with Crippen LogP contribution >= 0.6 is 11.8 Å². The Morgan fingerprint density at radius 2 is 2.05 bits per heavy atom. The lowest BCUT2D eigenvalue weighted by molar-refractivity contribution is -0.605. The summed E-state index contributed by atoms with van der Waals surface area (Å²) in [5, 5.41) is 13.5. The second kappa shape index (κ2) is 5.97. The summed E-state index contributed by atoms with van der Waals surface area (Å²) in [5.41, 5.74) is 1.78. The number of aliphatic imine (C=N–C) groups is 1. The van der Waals surface area contributed by atoms with Crippen LogP contribution in [0.4, 0.5) is 5.69 Å². The van der Waals surface area contributed by atoms with Gasteiger partial charge in [0.15, 0.2) is 12.4 Å². The van der Waals surface area contributed by atoms with Crippen molar-refractivity contribution in [3.63, 3.8) is 0 Å². The molecule has 0 fully saturated rings. The number of carbonyl (C=O) groups is 1. The lowest BCUT2D eigenvalue weighted by Gasteiger charge is -2.17. The first-order valence-electron chi connectivity index (χ1n) is 6.48. The Balaban J connectivity index is 1.61. The number of rotatable bonds is 3. The Morgan fingerprint density at radius 3 is 2.86 bits per heavy atom. The largest absolute Gasteiger partial charge is 0.619 e. The summed E-state index contributed by atoms with van der Waals surface area (Å²) in [6.07, 6.45) is 4.49. The van der Waals surface area contributed by atoms with E-state index in [2.05, 4.69) is 10.3 Å². The number of nitrogens with one attached hydrogen (secondary N) is 1. The highest BCUT2D eigenvalue weighted by molar-refractivity contribution is 8.01. The van der Waals surface area contributed by atoms with Gasteiger partial charge in [-0.1, -0.05) is 12.1 Å². The van der Waals surface area contributed by atoms with E-state index >= 15 is 0 Å². The number of aromatic nitrogens is 1. The Hall–Kier alpha value is -2.34. The van der Waals surface area contributed by atoms with Crippen LogP contribution in [0.3, 0.4) is 0 Å². The molecule has 3 rings (SSSR count). The molecule has 1 amide bonds. The maximum Gasteiger partial charge on any atom is 0.239 e. The zero-order chi connectivity index (χ0) is 14.7. The number of nitrogens with zero attached hydrogens (tertiary/aromatic N) is 2. The first kappa shape index (κ1) is 13.6. The van der Waals surface area contributed by atoms with Crippen LogP contribution in [0, 0.1) is 5.21 Å². The van der Waals surface area contributed by atoms with Crippen molar-refractivity contribution in [3.8, 4) is 0 Å². The van der Waals surface area contributed by atoms with E-state index in [1.807, 2.05) is 24.3 Å². The third kappa shape index (κ3) is 3.22. The summed E-state index contributed by atoms with van der Waals surface area (Å²) >= 11 is 1.49. The zero-order valence-electron chi connectivity index (χ0n) is 11.1. The second-order valence-corrected chi connectivity index (χ2v) is 5.75. The van der Waals surface area contributed by atoms with Gasteiger partial charge >= 0.3 is 0 Å². The van der Waals surface area contributed by atoms with Gasteiger partial charge in [-0.05, 0) is 17.7 Å². The fourth-order valence-electron chi connectivity index (χ4n) is 1.95. The highest BCUT2D eigenvalue weighted by Crippen LogP contribution is 2.35. The molecule has 2 aromatic rings. The predicted octanol–water partition coefficient (Wildman–Crippen LogP) is 1.81. The van der Waals surface area contributed by atoms with Crippen molar-refractivity contribution >= 4 is 29.6 Å². The van der Waals surface area contributed by atoms with Crippen LogP contribution in [-0.4, -0.2) is 17.4 Å². The molecule has 21 heavy (non-hydrogen) atoms. The van der Waals surface area contributed by atoms with E-state index in [1.54, 1.807) is 18.3 Å². The topological polar surface area (TPSA) is 68.4 Å². The molecule has 6 heteroatoms. The molecule has 5 nitrogen and oxygen atoms in total. The van der Waals surface area contributed by atoms with Crippen LogP contribution in [0.5, 0.6) is 0 Å². The van der Waals surface area contributed by atoms with Crippen molar-refractivity contribution in [1.82, 2.24) is 5.32 Å². The molecule has 1 unspecified atom stereocenters. The fourth-order valence-corrected chi connectivity index (χ4v) is 2.94. The van der Waals surface area contributed by atoms with Gasteiger partial charge in [0.1, 0.15) is 5.25 Å². The average molecular weight is 299 g/mol. The Kier molecular flexibility index (Phi) is 3.87. The minimum atomic E-state index is -0.326. The number of amides is 1. The van der Waals surface area contributed by atoms with Gasteiger partial charge in [0.05, 0.1) is 5.69 Å². The molecule has 0 saturated carbocycles. The molecule has 0 bridgehead atoms. The van der Waals surface area contributed by atoms with Crippen molar-refractivity contribution in [1.29, 1.82) is 0 Å². The van der Waals surface area contributed by atoms with Crippen LogP contribution in [-0.2, 0) is 11.3 Å². The number of pyridine rings is 1. The monoisotopic (exact) mass is 299 g/mol. The minimum Gasteiger partial charge on any atom is -0.619 e. The quantitative estimate of drug-likeness (QED) is 0.694. The SMILES string of the molecule is O=C(NCc1cc[n+]([O-])cc1)C1C=Nc2ccccc2S1. The second-order valence-electron chi connectivity index (χ2n) is 4.57. The highest BCUT2D eigenvalue weighted by atomic mass is 32.2. The van der Waals surface area contributed by atoms with E-state index in [0.717, 1.165) is 16.1 Å². The summed E-state index contributed by atoms with van der Waals surface area (Å²) in [6.45, 7) is 0.395. The molecule has 0 spiro atoms. The molecule has 0 radical (unpaired) electrons. The zero-order valence-corrected chi connectivity index (χ0v) is 11.9. The van der Waals surface area contributed by atoms with Gasteiger partial charge in [0.25, 0.3) is 0 Å². The molecule has 1 aliphatic heterocycles. The molecule has 1 aliphatic rings. The molecule has 1 atom stereocenters. The van der Waals surface area contributed by atoms with E-state index < -0.39 is 0 Å². The summed E-state index contributed by atoms with van der Waals surface area (Å²) in [5.74, 6) is -0.0860. The molecule has 2 heterocycles. The number of benzene rings is 1. The summed E-state index contributed by atoms with van der Waals surface area (Å²) in [4.78, 5) is 17.5. The maximum absolute atomic E-state index is 12.2. The lowest BCUT2D eigenvalue weighted by atomic mass is 10.2. The number of para-hydroxylation sites is 1. The van der Waals surface area contributed by atoms with Gasteiger partial charge in [-0.2, -0.15) is 4.73 Å². The first-order chi connectivity index (χ1) is 10.2. The number of fused-ring (bicyclic) bond motifs is 1. The molecule has 1 aromatic carbocycles. The van der Waals surface area contributed by atoms with E-state index in [0.29, 0.717) is 11.3 Å². The Bertz CT molecular complexity index is 686. The predicted molar refractivity (Wildman–Crippen MR) is 81.5 cm³/mol. The Morgan fingerprint density at radius 1 is 1.29 bits per heavy atom. The van der Waals surface area contributed by atoms with Gasteiger partial charge in [-0.25, -0.2) is 0 Å². The van der Waals surface area contributed by atoms with E-state index in [9.17, 15) is 10.0 Å². The molecular formula is C15H13N3O2S. The standard InChI is InChI=1S/C15H13N3O2S/c19-15(17-9-11-5-7-18(20)8-6-11)14-10-16-12-3-1-2-4-13(12)21-14/h1-8,10,14H,9H2,(H,17,19). The summed E-state index contributed by atoms with van der Waals surface area (Å²) in [7, 11) is 0. The van der Waals surface area contributed by atoms with Gasteiger partial charge in [0, 0.05) is 29.8 Å². The number of hydrogen-bond acceptors (Lipinski definition) is 4. The summed E-state index contributed by atoms with van der Waals surface area (Å²) in [6, 6.07) is 11.1. The van der Waals surface area contributed by atoms with Gasteiger partial charge in [0.2, 0.25) is 5.91 Å². The molecule has 1 N–H and O–H groups in total. The van der Waals surface area contributed by atoms with E-state index in [1.165, 1.54) is 24.2 Å². The number of thioether (sulfide) groups is 1. The number of carbonyl (C=O) groups excluding carboxylic acids is 1. The number of hydrogen-bond donors (Lipinski definition) is 1. The summed E-state index contributed by atoms with van der Waals surface area (Å²) < 4.78 is 0.714. The minimum absolute atomic E-state index is 0.0860. The fraction of sp³-hybridized carbons (Fsp3) is 0.133. The van der Waals surface area contributed by atoms with Crippen LogP contribution in [0.15, 0.2) is 58.7 Å². The smallest absolute Gasteiger partial charge is 0.239 e. The molecule has 0 saturated heterocycles. The van der Waals surface area contributed by atoms with Crippen molar-refractivity contribution < 1.29 is 9.52 Å². The van der Waals surface area contributed by atoms with Crippen molar-refractivity contribution in [2.75, 3.05) is 0 Å². The molecule has 0 aliphatic carbocycles. The van der Waals surface area contributed by atoms with E-state index in [-0.39, 0.29) is 11.2 Å². The van der Waals surface area contributed by atoms with E-state index in [4.69, 9.17) is 0 Å². The molecule has 1 aromatic heterocycles.